The van der Waals surface area contributed by atoms with Gasteiger partial charge in [-0.25, -0.2) is 4.79 Å². The summed E-state index contributed by atoms with van der Waals surface area (Å²) in [4.78, 5) is 24.1. The van der Waals surface area contributed by atoms with Gasteiger partial charge in [0.2, 0.25) is 5.78 Å². The van der Waals surface area contributed by atoms with Crippen molar-refractivity contribution in [3.63, 3.8) is 0 Å². The monoisotopic (exact) mass is 298 g/mol. The Bertz CT molecular complexity index is 463. The summed E-state index contributed by atoms with van der Waals surface area (Å²) in [6, 6.07) is 0. The van der Waals surface area contributed by atoms with Crippen LogP contribution in [-0.4, -0.2) is 52.5 Å². The van der Waals surface area contributed by atoms with E-state index >= 15 is 0 Å². The van der Waals surface area contributed by atoms with Crippen molar-refractivity contribution < 1.29 is 29.6 Å². The van der Waals surface area contributed by atoms with Gasteiger partial charge in [-0.05, 0) is 25.0 Å². The molecule has 0 aromatic heterocycles. The number of carbonyl (C=O) groups excluding carboxylic acids is 2. The minimum Gasteiger partial charge on any atom is -0.450 e. The minimum atomic E-state index is -1.14. The summed E-state index contributed by atoms with van der Waals surface area (Å²) in [5, 5.41) is 28.0. The summed E-state index contributed by atoms with van der Waals surface area (Å²) in [6.45, 7) is 4.28. The highest BCUT2D eigenvalue weighted by atomic mass is 16.5. The number of Topliss-reactive ketones (excluding diaryl/α,β-unsaturated/α-hetero) is 1. The molecular formula is C15H22O6. The number of hydrogen-bond acceptors (Lipinski definition) is 6. The lowest BCUT2D eigenvalue weighted by molar-refractivity contribution is -0.158. The zero-order chi connectivity index (χ0) is 16.2. The predicted molar refractivity (Wildman–Crippen MR) is 75.2 cm³/mol. The zero-order valence-electron chi connectivity index (χ0n) is 12.4. The van der Waals surface area contributed by atoms with Crippen LogP contribution < -0.4 is 0 Å². The number of hydrogen-bond donors (Lipinski definition) is 3. The average molecular weight is 298 g/mol. The highest BCUT2D eigenvalue weighted by Gasteiger charge is 2.42. The van der Waals surface area contributed by atoms with E-state index in [4.69, 9.17) is 14.9 Å². The van der Waals surface area contributed by atoms with Crippen molar-refractivity contribution >= 4 is 11.8 Å². The quantitative estimate of drug-likeness (QED) is 0.486. The zero-order valence-corrected chi connectivity index (χ0v) is 12.4. The molecule has 0 unspecified atom stereocenters. The molecule has 0 amide bonds. The van der Waals surface area contributed by atoms with Crippen LogP contribution >= 0.6 is 0 Å². The Balaban J connectivity index is 3.05. The molecule has 118 valence electrons. The van der Waals surface area contributed by atoms with Crippen LogP contribution in [0.25, 0.3) is 0 Å². The van der Waals surface area contributed by atoms with Gasteiger partial charge in [-0.2, -0.15) is 0 Å². The maximum atomic E-state index is 12.2. The Labute approximate surface area is 123 Å². The van der Waals surface area contributed by atoms with Gasteiger partial charge < -0.3 is 20.1 Å². The second-order valence-electron chi connectivity index (χ2n) is 5.42. The molecule has 3 N–H and O–H groups in total. The smallest absolute Gasteiger partial charge is 0.334 e. The van der Waals surface area contributed by atoms with E-state index in [1.807, 2.05) is 13.8 Å². The van der Waals surface area contributed by atoms with Crippen LogP contribution in [0.1, 0.15) is 20.8 Å². The molecule has 1 aliphatic rings. The second-order valence-corrected chi connectivity index (χ2v) is 5.42. The molecule has 6 heteroatoms. The molecule has 1 aliphatic carbocycles. The lowest BCUT2D eigenvalue weighted by Crippen LogP contribution is -2.47. The molecule has 0 fully saturated rings. The molecule has 0 aromatic carbocycles. The number of aliphatic hydroxyl groups is 3. The number of carbonyl (C=O) groups is 2. The molecule has 3 atom stereocenters. The lowest BCUT2D eigenvalue weighted by atomic mass is 9.77. The normalized spacial score (nSPS) is 26.8. The first-order valence-corrected chi connectivity index (χ1v) is 6.85. The number of aliphatic hydroxyl groups excluding tert-OH is 3. The van der Waals surface area contributed by atoms with E-state index in [-0.39, 0.29) is 23.7 Å². The molecule has 0 aromatic rings. The van der Waals surface area contributed by atoms with Crippen LogP contribution in [-0.2, 0) is 14.3 Å². The largest absolute Gasteiger partial charge is 0.450 e. The molecular weight excluding hydrogens is 276 g/mol. The predicted octanol–water partition coefficient (Wildman–Crippen LogP) is -0.0287. The van der Waals surface area contributed by atoms with E-state index in [1.165, 1.54) is 19.1 Å². The highest BCUT2D eigenvalue weighted by Crippen LogP contribution is 2.30. The average Bonchev–Trinajstić information content (AvgIpc) is 2.42. The van der Waals surface area contributed by atoms with Crippen LogP contribution in [0.3, 0.4) is 0 Å². The summed E-state index contributed by atoms with van der Waals surface area (Å²) in [6.07, 6.45) is 0.485. The Kier molecular flexibility index (Phi) is 6.26. The van der Waals surface area contributed by atoms with Crippen molar-refractivity contribution in [2.45, 2.75) is 33.0 Å². The molecule has 0 aliphatic heterocycles. The third kappa shape index (κ3) is 4.00. The molecule has 0 saturated heterocycles. The Morgan fingerprint density at radius 1 is 1.43 bits per heavy atom. The van der Waals surface area contributed by atoms with E-state index in [2.05, 4.69) is 0 Å². The molecule has 0 saturated carbocycles. The Morgan fingerprint density at radius 3 is 2.52 bits per heavy atom. The Hall–Kier alpha value is -1.50. The summed E-state index contributed by atoms with van der Waals surface area (Å²) < 4.78 is 5.21. The summed E-state index contributed by atoms with van der Waals surface area (Å²) in [5.41, 5.74) is 0.225. The van der Waals surface area contributed by atoms with Gasteiger partial charge in [0.05, 0.1) is 19.3 Å². The lowest BCUT2D eigenvalue weighted by Gasteiger charge is -2.35. The molecule has 0 spiro atoms. The van der Waals surface area contributed by atoms with Crippen LogP contribution in [0.2, 0.25) is 0 Å². The first-order valence-electron chi connectivity index (χ1n) is 6.85. The minimum absolute atomic E-state index is 0.0426. The number of rotatable bonds is 5. The van der Waals surface area contributed by atoms with Gasteiger partial charge in [0, 0.05) is 17.1 Å². The number of ketones is 1. The third-order valence-electron chi connectivity index (χ3n) is 3.58. The molecule has 0 radical (unpaired) electrons. The summed E-state index contributed by atoms with van der Waals surface area (Å²) in [7, 11) is 0. The van der Waals surface area contributed by atoms with Gasteiger partial charge >= 0.3 is 5.97 Å². The van der Waals surface area contributed by atoms with Crippen molar-refractivity contribution in [1.82, 2.24) is 0 Å². The summed E-state index contributed by atoms with van der Waals surface area (Å²) in [5.74, 6) is -1.88. The van der Waals surface area contributed by atoms with Crippen LogP contribution in [0.15, 0.2) is 23.3 Å². The van der Waals surface area contributed by atoms with E-state index in [9.17, 15) is 14.7 Å². The van der Waals surface area contributed by atoms with Crippen LogP contribution in [0.4, 0.5) is 0 Å². The van der Waals surface area contributed by atoms with Gasteiger partial charge in [0.1, 0.15) is 0 Å². The van der Waals surface area contributed by atoms with Crippen LogP contribution in [0, 0.1) is 11.8 Å². The molecule has 0 bridgehead atoms. The third-order valence-corrected chi connectivity index (χ3v) is 3.58. The standard InChI is InChI=1S/C15H22O6/c1-8(2)12-11(18)6-10(7-17)13(19)14(12)21-15(20)9(3)4-5-16/h4,6,8,11-12,14,16-18H,5,7H2,1-3H3/b9-4+/t11-,12-,14+/m1/s1. The second kappa shape index (κ2) is 7.49. The van der Waals surface area contributed by atoms with E-state index < -0.39 is 36.5 Å². The van der Waals surface area contributed by atoms with Gasteiger partial charge in [0.25, 0.3) is 0 Å². The fourth-order valence-electron chi connectivity index (χ4n) is 2.37. The topological polar surface area (TPSA) is 104 Å². The molecule has 6 nitrogen and oxygen atoms in total. The number of esters is 1. The fraction of sp³-hybridized carbons (Fsp3) is 0.600. The van der Waals surface area contributed by atoms with E-state index in [0.29, 0.717) is 0 Å². The maximum Gasteiger partial charge on any atom is 0.334 e. The van der Waals surface area contributed by atoms with Crippen molar-refractivity contribution in [3.8, 4) is 0 Å². The molecule has 0 heterocycles. The highest BCUT2D eigenvalue weighted by molar-refractivity contribution is 6.02. The maximum absolute atomic E-state index is 12.2. The summed E-state index contributed by atoms with van der Waals surface area (Å²) >= 11 is 0. The van der Waals surface area contributed by atoms with Crippen molar-refractivity contribution in [2.75, 3.05) is 13.2 Å². The van der Waals surface area contributed by atoms with Gasteiger partial charge in [-0.15, -0.1) is 0 Å². The van der Waals surface area contributed by atoms with Crippen LogP contribution in [0.5, 0.6) is 0 Å². The fourth-order valence-corrected chi connectivity index (χ4v) is 2.37. The molecule has 1 rings (SSSR count). The molecule has 21 heavy (non-hydrogen) atoms. The van der Waals surface area contributed by atoms with Gasteiger partial charge in [-0.1, -0.05) is 13.8 Å². The first kappa shape index (κ1) is 17.6. The SMILES string of the molecule is C/C(=C\CO)C(=O)O[C@@H]1C(=O)C(CO)=C[C@@H](O)[C@H]1C(C)C. The van der Waals surface area contributed by atoms with Crippen molar-refractivity contribution in [1.29, 1.82) is 0 Å². The van der Waals surface area contributed by atoms with Gasteiger partial charge in [-0.3, -0.25) is 4.79 Å². The van der Waals surface area contributed by atoms with E-state index in [0.717, 1.165) is 0 Å². The first-order chi connectivity index (χ1) is 9.83. The van der Waals surface area contributed by atoms with Crippen molar-refractivity contribution in [2.24, 2.45) is 11.8 Å². The van der Waals surface area contributed by atoms with Crippen molar-refractivity contribution in [3.05, 3.63) is 23.3 Å². The Morgan fingerprint density at radius 2 is 2.05 bits per heavy atom. The van der Waals surface area contributed by atoms with Gasteiger partial charge in [0.15, 0.2) is 6.10 Å². The number of ether oxygens (including phenoxy) is 1. The van der Waals surface area contributed by atoms with E-state index in [1.54, 1.807) is 0 Å².